The Morgan fingerprint density at radius 1 is 1.25 bits per heavy atom. The van der Waals surface area contributed by atoms with E-state index in [1.807, 2.05) is 13.8 Å². The number of carbonyl (C=O) groups is 1. The van der Waals surface area contributed by atoms with Crippen LogP contribution in [0.5, 0.6) is 0 Å². The molecule has 0 heterocycles. The van der Waals surface area contributed by atoms with Crippen LogP contribution in [0.3, 0.4) is 0 Å². The highest BCUT2D eigenvalue weighted by Crippen LogP contribution is 2.62. The molecule has 0 aromatic carbocycles. The summed E-state index contributed by atoms with van der Waals surface area (Å²) in [7, 11) is 0. The minimum absolute atomic E-state index is 0.0628. The normalized spacial score (nSPS) is 24.2. The van der Waals surface area contributed by atoms with E-state index in [-0.39, 0.29) is 28.7 Å². The van der Waals surface area contributed by atoms with Crippen molar-refractivity contribution < 1.29 is 4.79 Å². The second-order valence-electron chi connectivity index (χ2n) is 6.47. The number of hydrogen-bond acceptors (Lipinski definition) is 2. The predicted octanol–water partition coefficient (Wildman–Crippen LogP) is 1.77. The standard InChI is InChI=1S/C13H26N2O/c1-8(2)9(7-14)10(16)15-11-12(3,4)13(11,5)6/h8-9,11H,7,14H2,1-6H3,(H,15,16). The average molecular weight is 226 g/mol. The summed E-state index contributed by atoms with van der Waals surface area (Å²) in [5.74, 6) is 0.350. The highest BCUT2D eigenvalue weighted by atomic mass is 16.2. The summed E-state index contributed by atoms with van der Waals surface area (Å²) < 4.78 is 0. The lowest BCUT2D eigenvalue weighted by atomic mass is 9.95. The Morgan fingerprint density at radius 2 is 1.69 bits per heavy atom. The molecule has 1 atom stereocenters. The van der Waals surface area contributed by atoms with Gasteiger partial charge >= 0.3 is 0 Å². The topological polar surface area (TPSA) is 55.1 Å². The fourth-order valence-electron chi connectivity index (χ4n) is 2.49. The van der Waals surface area contributed by atoms with E-state index in [0.717, 1.165) is 0 Å². The number of carbonyl (C=O) groups excluding carboxylic acids is 1. The van der Waals surface area contributed by atoms with Gasteiger partial charge in [0.15, 0.2) is 0 Å². The molecule has 1 rings (SSSR count). The maximum atomic E-state index is 12.1. The van der Waals surface area contributed by atoms with Gasteiger partial charge in [-0.3, -0.25) is 4.79 Å². The van der Waals surface area contributed by atoms with Crippen LogP contribution in [-0.4, -0.2) is 18.5 Å². The maximum absolute atomic E-state index is 12.1. The molecule has 1 aliphatic carbocycles. The third-order valence-electron chi connectivity index (χ3n) is 4.70. The Kier molecular flexibility index (Phi) is 3.39. The summed E-state index contributed by atoms with van der Waals surface area (Å²) in [5.41, 5.74) is 6.03. The molecule has 0 radical (unpaired) electrons. The van der Waals surface area contributed by atoms with Crippen molar-refractivity contribution in [2.75, 3.05) is 6.54 Å². The van der Waals surface area contributed by atoms with Gasteiger partial charge in [-0.2, -0.15) is 0 Å². The molecule has 3 N–H and O–H groups in total. The van der Waals surface area contributed by atoms with Crippen LogP contribution in [0, 0.1) is 22.7 Å². The molecule has 0 bridgehead atoms. The van der Waals surface area contributed by atoms with Crippen LogP contribution in [0.4, 0.5) is 0 Å². The second kappa shape index (κ2) is 4.02. The molecule has 1 aliphatic rings. The highest BCUT2D eigenvalue weighted by molar-refractivity contribution is 5.80. The summed E-state index contributed by atoms with van der Waals surface area (Å²) in [6.07, 6.45) is 0. The Bertz CT molecular complexity index is 268. The van der Waals surface area contributed by atoms with E-state index < -0.39 is 0 Å². The summed E-state index contributed by atoms with van der Waals surface area (Å²) in [6.45, 7) is 13.3. The fourth-order valence-corrected chi connectivity index (χ4v) is 2.49. The van der Waals surface area contributed by atoms with Gasteiger partial charge in [-0.05, 0) is 16.7 Å². The zero-order valence-electron chi connectivity index (χ0n) is 11.4. The largest absolute Gasteiger partial charge is 0.352 e. The quantitative estimate of drug-likeness (QED) is 0.767. The number of rotatable bonds is 4. The van der Waals surface area contributed by atoms with Crippen molar-refractivity contribution in [1.82, 2.24) is 5.32 Å². The Morgan fingerprint density at radius 3 is 1.94 bits per heavy atom. The third-order valence-corrected chi connectivity index (χ3v) is 4.70. The average Bonchev–Trinajstić information content (AvgIpc) is 2.48. The molecule has 94 valence electrons. The van der Waals surface area contributed by atoms with Crippen LogP contribution in [0.1, 0.15) is 41.5 Å². The van der Waals surface area contributed by atoms with E-state index in [4.69, 9.17) is 5.73 Å². The van der Waals surface area contributed by atoms with Gasteiger partial charge in [0.05, 0.1) is 5.92 Å². The molecule has 1 amide bonds. The number of hydrogen-bond donors (Lipinski definition) is 2. The fraction of sp³-hybridized carbons (Fsp3) is 0.923. The Balaban J connectivity index is 2.61. The van der Waals surface area contributed by atoms with Crippen molar-refractivity contribution in [2.24, 2.45) is 28.4 Å². The van der Waals surface area contributed by atoms with Crippen molar-refractivity contribution in [3.63, 3.8) is 0 Å². The van der Waals surface area contributed by atoms with Crippen LogP contribution < -0.4 is 11.1 Å². The minimum atomic E-state index is -0.0628. The zero-order valence-corrected chi connectivity index (χ0v) is 11.4. The van der Waals surface area contributed by atoms with E-state index >= 15 is 0 Å². The van der Waals surface area contributed by atoms with Crippen LogP contribution in [0.25, 0.3) is 0 Å². The van der Waals surface area contributed by atoms with E-state index in [0.29, 0.717) is 12.5 Å². The summed E-state index contributed by atoms with van der Waals surface area (Å²) in [4.78, 5) is 12.1. The van der Waals surface area contributed by atoms with Crippen molar-refractivity contribution >= 4 is 5.91 Å². The molecule has 0 saturated heterocycles. The van der Waals surface area contributed by atoms with E-state index in [1.165, 1.54) is 0 Å². The van der Waals surface area contributed by atoms with Crippen LogP contribution >= 0.6 is 0 Å². The van der Waals surface area contributed by atoms with Gasteiger partial charge in [0.2, 0.25) is 5.91 Å². The van der Waals surface area contributed by atoms with Gasteiger partial charge in [-0.1, -0.05) is 41.5 Å². The highest BCUT2D eigenvalue weighted by Gasteiger charge is 2.65. The van der Waals surface area contributed by atoms with Crippen molar-refractivity contribution in [2.45, 2.75) is 47.6 Å². The van der Waals surface area contributed by atoms with E-state index in [1.54, 1.807) is 0 Å². The van der Waals surface area contributed by atoms with Gasteiger partial charge in [-0.15, -0.1) is 0 Å². The number of nitrogens with two attached hydrogens (primary N) is 1. The zero-order chi connectivity index (χ0) is 12.7. The van der Waals surface area contributed by atoms with Crippen LogP contribution in [0.2, 0.25) is 0 Å². The molecule has 16 heavy (non-hydrogen) atoms. The predicted molar refractivity (Wildman–Crippen MR) is 66.9 cm³/mol. The van der Waals surface area contributed by atoms with E-state index in [9.17, 15) is 4.79 Å². The minimum Gasteiger partial charge on any atom is -0.352 e. The summed E-state index contributed by atoms with van der Waals surface area (Å²) >= 11 is 0. The molecule has 0 aliphatic heterocycles. The van der Waals surface area contributed by atoms with Gasteiger partial charge in [-0.25, -0.2) is 0 Å². The Labute approximate surface area is 99.2 Å². The first-order chi connectivity index (χ1) is 7.16. The molecule has 1 unspecified atom stereocenters. The molecule has 1 fully saturated rings. The first-order valence-electron chi connectivity index (χ1n) is 6.16. The molecule has 1 saturated carbocycles. The van der Waals surface area contributed by atoms with Gasteiger partial charge in [0.1, 0.15) is 0 Å². The lowest BCUT2D eigenvalue weighted by Gasteiger charge is -2.19. The maximum Gasteiger partial charge on any atom is 0.224 e. The van der Waals surface area contributed by atoms with Crippen molar-refractivity contribution in [3.05, 3.63) is 0 Å². The lowest BCUT2D eigenvalue weighted by Crippen LogP contribution is -2.40. The first kappa shape index (κ1) is 13.5. The summed E-state index contributed by atoms with van der Waals surface area (Å²) in [6, 6.07) is 0.278. The first-order valence-corrected chi connectivity index (χ1v) is 6.16. The van der Waals surface area contributed by atoms with E-state index in [2.05, 4.69) is 33.0 Å². The van der Waals surface area contributed by atoms with Crippen molar-refractivity contribution in [1.29, 1.82) is 0 Å². The van der Waals surface area contributed by atoms with Crippen LogP contribution in [-0.2, 0) is 4.79 Å². The van der Waals surface area contributed by atoms with Crippen molar-refractivity contribution in [3.8, 4) is 0 Å². The lowest BCUT2D eigenvalue weighted by molar-refractivity contribution is -0.126. The van der Waals surface area contributed by atoms with Gasteiger partial charge in [0, 0.05) is 12.6 Å². The van der Waals surface area contributed by atoms with Crippen LogP contribution in [0.15, 0.2) is 0 Å². The van der Waals surface area contributed by atoms with Gasteiger partial charge < -0.3 is 11.1 Å². The van der Waals surface area contributed by atoms with Gasteiger partial charge in [0.25, 0.3) is 0 Å². The number of nitrogens with one attached hydrogen (secondary N) is 1. The Hall–Kier alpha value is -0.570. The SMILES string of the molecule is CC(C)C(CN)C(=O)NC1C(C)(C)C1(C)C. The molecule has 0 spiro atoms. The summed E-state index contributed by atoms with van der Waals surface area (Å²) in [5, 5.41) is 3.15. The monoisotopic (exact) mass is 226 g/mol. The molecular weight excluding hydrogens is 200 g/mol. The molecule has 0 aromatic heterocycles. The second-order valence-corrected chi connectivity index (χ2v) is 6.47. The molecule has 3 nitrogen and oxygen atoms in total. The molecular formula is C13H26N2O. The molecule has 3 heteroatoms. The number of amides is 1. The molecule has 0 aromatic rings. The smallest absolute Gasteiger partial charge is 0.224 e. The third kappa shape index (κ3) is 1.97.